The van der Waals surface area contributed by atoms with E-state index in [4.69, 9.17) is 0 Å². The topological polar surface area (TPSA) is 40.5 Å². The van der Waals surface area contributed by atoms with Crippen LogP contribution in [0.25, 0.3) is 0 Å². The molecule has 3 nitrogen and oxygen atoms in total. The van der Waals surface area contributed by atoms with Crippen LogP contribution >= 0.6 is 15.9 Å². The second-order valence-electron chi connectivity index (χ2n) is 6.04. The molecule has 2 aromatic rings. The van der Waals surface area contributed by atoms with Gasteiger partial charge in [-0.15, -0.1) is 0 Å². The Balaban J connectivity index is 1.97. The molecule has 1 saturated heterocycles. The van der Waals surface area contributed by atoms with Crippen LogP contribution in [0.5, 0.6) is 0 Å². The van der Waals surface area contributed by atoms with Crippen LogP contribution in [-0.2, 0) is 4.79 Å². The largest absolute Gasteiger partial charge is 0.481 e. The molecule has 0 amide bonds. The minimum atomic E-state index is -0.684. The Morgan fingerprint density at radius 2 is 1.87 bits per heavy atom. The summed E-state index contributed by atoms with van der Waals surface area (Å²) in [6.45, 7) is 1.53. The van der Waals surface area contributed by atoms with Gasteiger partial charge in [-0.25, -0.2) is 0 Å². The van der Waals surface area contributed by atoms with Crippen molar-refractivity contribution in [1.29, 1.82) is 0 Å². The number of likely N-dealkylation sites (tertiary alicyclic amines) is 1. The third kappa shape index (κ3) is 3.82. The van der Waals surface area contributed by atoms with Crippen LogP contribution in [-0.4, -0.2) is 29.1 Å². The quantitative estimate of drug-likeness (QED) is 0.866. The Bertz CT molecular complexity index is 674. The van der Waals surface area contributed by atoms with Crippen LogP contribution in [0.3, 0.4) is 0 Å². The van der Waals surface area contributed by atoms with Crippen LogP contribution in [0.15, 0.2) is 59.1 Å². The van der Waals surface area contributed by atoms with E-state index in [0.29, 0.717) is 6.54 Å². The molecule has 0 spiro atoms. The SMILES string of the molecule is O=C(O)C1CCCN(C(c2ccccc2)c2cccc(Br)c2)C1. The lowest BCUT2D eigenvalue weighted by Gasteiger charge is -2.37. The average molecular weight is 374 g/mol. The molecule has 0 radical (unpaired) electrons. The molecule has 4 heteroatoms. The van der Waals surface area contributed by atoms with Gasteiger partial charge in [0.05, 0.1) is 12.0 Å². The van der Waals surface area contributed by atoms with Crippen LogP contribution in [0, 0.1) is 5.92 Å². The van der Waals surface area contributed by atoms with Crippen LogP contribution in [0.4, 0.5) is 0 Å². The van der Waals surface area contributed by atoms with Crippen LogP contribution in [0.2, 0.25) is 0 Å². The van der Waals surface area contributed by atoms with E-state index in [-0.39, 0.29) is 12.0 Å². The first-order chi connectivity index (χ1) is 11.1. The van der Waals surface area contributed by atoms with Gasteiger partial charge in [-0.05, 0) is 42.6 Å². The van der Waals surface area contributed by atoms with Crippen LogP contribution in [0.1, 0.15) is 30.0 Å². The maximum atomic E-state index is 11.4. The second-order valence-corrected chi connectivity index (χ2v) is 6.96. The second kappa shape index (κ2) is 7.28. The molecule has 0 aliphatic carbocycles. The first-order valence-corrected chi connectivity index (χ1v) is 8.71. The number of carboxylic acid groups (broad SMARTS) is 1. The molecule has 120 valence electrons. The molecule has 3 rings (SSSR count). The fourth-order valence-corrected chi connectivity index (χ4v) is 3.79. The van der Waals surface area contributed by atoms with Crippen molar-refractivity contribution in [2.45, 2.75) is 18.9 Å². The van der Waals surface area contributed by atoms with E-state index in [9.17, 15) is 9.90 Å². The smallest absolute Gasteiger partial charge is 0.307 e. The van der Waals surface area contributed by atoms with E-state index < -0.39 is 5.97 Å². The zero-order valence-corrected chi connectivity index (χ0v) is 14.4. The number of piperidine rings is 1. The Morgan fingerprint density at radius 3 is 2.57 bits per heavy atom. The van der Waals surface area contributed by atoms with Gasteiger partial charge >= 0.3 is 5.97 Å². The number of carboxylic acids is 1. The molecule has 23 heavy (non-hydrogen) atoms. The summed E-state index contributed by atoms with van der Waals surface area (Å²) in [5.74, 6) is -0.960. The zero-order valence-electron chi connectivity index (χ0n) is 12.9. The van der Waals surface area contributed by atoms with Crippen LogP contribution < -0.4 is 0 Å². The third-order valence-electron chi connectivity index (χ3n) is 4.45. The molecule has 1 fully saturated rings. The van der Waals surface area contributed by atoms with E-state index in [1.54, 1.807) is 0 Å². The normalized spacial score (nSPS) is 20.1. The van der Waals surface area contributed by atoms with E-state index in [2.05, 4.69) is 45.1 Å². The minimum absolute atomic E-state index is 0.0934. The van der Waals surface area contributed by atoms with Crippen molar-refractivity contribution in [1.82, 2.24) is 4.90 Å². The summed E-state index contributed by atoms with van der Waals surface area (Å²) in [6.07, 6.45) is 1.69. The fraction of sp³-hybridized carbons (Fsp3) is 0.316. The fourth-order valence-electron chi connectivity index (χ4n) is 3.37. The molecular weight excluding hydrogens is 354 g/mol. The summed E-state index contributed by atoms with van der Waals surface area (Å²) in [6, 6.07) is 18.7. The molecule has 1 aliphatic rings. The van der Waals surface area contributed by atoms with Gasteiger partial charge in [0, 0.05) is 11.0 Å². The highest BCUT2D eigenvalue weighted by atomic mass is 79.9. The maximum Gasteiger partial charge on any atom is 0.307 e. The van der Waals surface area contributed by atoms with Crippen molar-refractivity contribution in [3.05, 3.63) is 70.2 Å². The Labute approximate surface area is 145 Å². The van der Waals surface area contributed by atoms with Crippen molar-refractivity contribution in [2.24, 2.45) is 5.92 Å². The first kappa shape index (κ1) is 16.2. The first-order valence-electron chi connectivity index (χ1n) is 7.92. The molecule has 0 aromatic heterocycles. The van der Waals surface area contributed by atoms with E-state index in [0.717, 1.165) is 23.9 Å². The predicted molar refractivity (Wildman–Crippen MR) is 94.4 cm³/mol. The van der Waals surface area contributed by atoms with Crippen molar-refractivity contribution < 1.29 is 9.90 Å². The summed E-state index contributed by atoms with van der Waals surface area (Å²) < 4.78 is 1.04. The Morgan fingerprint density at radius 1 is 1.13 bits per heavy atom. The number of carbonyl (C=O) groups is 1. The molecule has 1 aliphatic heterocycles. The summed E-state index contributed by atoms with van der Waals surface area (Å²) in [4.78, 5) is 13.7. The summed E-state index contributed by atoms with van der Waals surface area (Å²) in [7, 11) is 0. The number of rotatable bonds is 4. The lowest BCUT2D eigenvalue weighted by molar-refractivity contribution is -0.143. The number of hydrogen-bond donors (Lipinski definition) is 1. The summed E-state index contributed by atoms with van der Waals surface area (Å²) >= 11 is 3.55. The summed E-state index contributed by atoms with van der Waals surface area (Å²) in [5, 5.41) is 9.39. The standard InChI is InChI=1S/C19H20BrNO2/c20-17-10-4-8-15(12-17)18(14-6-2-1-3-7-14)21-11-5-9-16(13-21)19(22)23/h1-4,6-8,10,12,16,18H,5,9,11,13H2,(H,22,23). The molecule has 0 saturated carbocycles. The van der Waals surface area contributed by atoms with Gasteiger partial charge in [-0.3, -0.25) is 9.69 Å². The lowest BCUT2D eigenvalue weighted by atomic mass is 9.91. The number of benzene rings is 2. The van der Waals surface area contributed by atoms with E-state index in [1.165, 1.54) is 11.1 Å². The van der Waals surface area contributed by atoms with Crippen molar-refractivity contribution >= 4 is 21.9 Å². The Hall–Kier alpha value is -1.65. The molecule has 2 unspecified atom stereocenters. The predicted octanol–water partition coefficient (Wildman–Crippen LogP) is 4.34. The van der Waals surface area contributed by atoms with E-state index in [1.807, 2.05) is 30.3 Å². The van der Waals surface area contributed by atoms with Gasteiger partial charge in [0.25, 0.3) is 0 Å². The van der Waals surface area contributed by atoms with E-state index >= 15 is 0 Å². The van der Waals surface area contributed by atoms with Crippen molar-refractivity contribution in [2.75, 3.05) is 13.1 Å². The number of halogens is 1. The highest BCUT2D eigenvalue weighted by molar-refractivity contribution is 9.10. The van der Waals surface area contributed by atoms with Crippen molar-refractivity contribution in [3.63, 3.8) is 0 Å². The van der Waals surface area contributed by atoms with Gasteiger partial charge in [-0.1, -0.05) is 58.4 Å². The van der Waals surface area contributed by atoms with Gasteiger partial charge < -0.3 is 5.11 Å². The van der Waals surface area contributed by atoms with Gasteiger partial charge in [0.2, 0.25) is 0 Å². The van der Waals surface area contributed by atoms with Crippen molar-refractivity contribution in [3.8, 4) is 0 Å². The summed E-state index contributed by atoms with van der Waals surface area (Å²) in [5.41, 5.74) is 2.40. The molecular formula is C19H20BrNO2. The molecule has 2 aromatic carbocycles. The number of nitrogens with zero attached hydrogens (tertiary/aromatic N) is 1. The lowest BCUT2D eigenvalue weighted by Crippen LogP contribution is -2.41. The third-order valence-corrected chi connectivity index (χ3v) is 4.94. The number of aliphatic carboxylic acids is 1. The zero-order chi connectivity index (χ0) is 16.2. The van der Waals surface area contributed by atoms with Gasteiger partial charge in [-0.2, -0.15) is 0 Å². The number of hydrogen-bond acceptors (Lipinski definition) is 2. The maximum absolute atomic E-state index is 11.4. The highest BCUT2D eigenvalue weighted by Crippen LogP contribution is 2.33. The van der Waals surface area contributed by atoms with Gasteiger partial charge in [0.15, 0.2) is 0 Å². The average Bonchev–Trinajstić information content (AvgIpc) is 2.56. The molecule has 1 N–H and O–H groups in total. The van der Waals surface area contributed by atoms with Gasteiger partial charge in [0.1, 0.15) is 0 Å². The monoisotopic (exact) mass is 373 g/mol. The minimum Gasteiger partial charge on any atom is -0.481 e. The highest BCUT2D eigenvalue weighted by Gasteiger charge is 2.31. The Kier molecular flexibility index (Phi) is 5.13. The molecule has 2 atom stereocenters. The molecule has 1 heterocycles. The molecule has 0 bridgehead atoms.